The van der Waals surface area contributed by atoms with Gasteiger partial charge in [-0.3, -0.25) is 4.79 Å². The molecule has 0 atom stereocenters. The Labute approximate surface area is 102 Å². The topological polar surface area (TPSA) is 45.8 Å². The molecule has 0 amide bonds. The summed E-state index contributed by atoms with van der Waals surface area (Å²) >= 11 is 0. The van der Waals surface area contributed by atoms with Crippen molar-refractivity contribution in [2.24, 2.45) is 0 Å². The smallest absolute Gasteiger partial charge is 0.258 e. The van der Waals surface area contributed by atoms with Gasteiger partial charge in [-0.15, -0.1) is 0 Å². The first-order valence-corrected chi connectivity index (χ1v) is 6.08. The number of hydrogen-bond donors (Lipinski definition) is 1. The number of hydrogen-bond acceptors (Lipinski definition) is 2. The summed E-state index contributed by atoms with van der Waals surface area (Å²) in [5.74, 6) is 0.987. The highest BCUT2D eigenvalue weighted by Gasteiger charge is 2.06. The van der Waals surface area contributed by atoms with Crippen LogP contribution in [0.5, 0.6) is 0 Å². The second-order valence-electron chi connectivity index (χ2n) is 4.13. The number of benzene rings is 1. The summed E-state index contributed by atoms with van der Waals surface area (Å²) in [7, 11) is 0. The maximum Gasteiger partial charge on any atom is 0.258 e. The minimum atomic E-state index is -0.0521. The summed E-state index contributed by atoms with van der Waals surface area (Å²) in [6, 6.07) is 5.69. The summed E-state index contributed by atoms with van der Waals surface area (Å²) in [6.07, 6.45) is 0. The zero-order valence-electron chi connectivity index (χ0n) is 11.2. The van der Waals surface area contributed by atoms with E-state index < -0.39 is 0 Å². The Morgan fingerprint density at radius 3 is 2.47 bits per heavy atom. The summed E-state index contributed by atoms with van der Waals surface area (Å²) in [4.78, 5) is 19.0. The zero-order valence-corrected chi connectivity index (χ0v) is 11.2. The van der Waals surface area contributed by atoms with Crippen LogP contribution in [0, 0.1) is 6.92 Å². The number of fused-ring (bicyclic) bond motifs is 1. The van der Waals surface area contributed by atoms with Crippen LogP contribution < -0.4 is 5.56 Å². The maximum atomic E-state index is 11.7. The van der Waals surface area contributed by atoms with Crippen LogP contribution in [-0.2, 0) is 0 Å². The van der Waals surface area contributed by atoms with Gasteiger partial charge in [0.25, 0.3) is 5.56 Å². The van der Waals surface area contributed by atoms with Crippen molar-refractivity contribution in [3.8, 4) is 0 Å². The third-order valence-electron chi connectivity index (χ3n) is 2.43. The molecule has 0 saturated carbocycles. The fraction of sp³-hybridized carbons (Fsp3) is 0.429. The van der Waals surface area contributed by atoms with Gasteiger partial charge in [0.1, 0.15) is 5.82 Å². The second-order valence-corrected chi connectivity index (χ2v) is 4.13. The Hall–Kier alpha value is -1.64. The van der Waals surface area contributed by atoms with E-state index in [0.717, 1.165) is 16.9 Å². The van der Waals surface area contributed by atoms with Crippen LogP contribution in [0.4, 0.5) is 0 Å². The van der Waals surface area contributed by atoms with Gasteiger partial charge in [-0.1, -0.05) is 33.8 Å². The first kappa shape index (κ1) is 13.4. The van der Waals surface area contributed by atoms with Crippen LogP contribution in [0.2, 0.25) is 0 Å². The van der Waals surface area contributed by atoms with Gasteiger partial charge in [0.05, 0.1) is 10.9 Å². The number of aromatic amines is 1. The standard InChI is InChI=1S/C12H14N2O.C2H6/c1-7(2)11-13-10-6-8(3)4-5-9(10)12(15)14-11;1-2/h4-7H,1-3H3,(H,13,14,15);1-2H3. The highest BCUT2D eigenvalue weighted by Crippen LogP contribution is 2.13. The Kier molecular flexibility index (Phi) is 4.44. The van der Waals surface area contributed by atoms with Gasteiger partial charge in [0.15, 0.2) is 0 Å². The molecule has 0 saturated heterocycles. The molecule has 17 heavy (non-hydrogen) atoms. The van der Waals surface area contributed by atoms with Crippen molar-refractivity contribution in [3.63, 3.8) is 0 Å². The molecule has 2 aromatic rings. The van der Waals surface area contributed by atoms with E-state index in [1.165, 1.54) is 0 Å². The fourth-order valence-corrected chi connectivity index (χ4v) is 1.54. The van der Waals surface area contributed by atoms with Crippen molar-refractivity contribution in [1.82, 2.24) is 9.97 Å². The summed E-state index contributed by atoms with van der Waals surface area (Å²) in [5.41, 5.74) is 1.85. The van der Waals surface area contributed by atoms with E-state index in [0.29, 0.717) is 5.39 Å². The molecular formula is C14H20N2O. The van der Waals surface area contributed by atoms with Crippen molar-refractivity contribution in [2.45, 2.75) is 40.5 Å². The first-order chi connectivity index (χ1) is 8.08. The summed E-state index contributed by atoms with van der Waals surface area (Å²) in [6.45, 7) is 10.0. The molecule has 2 rings (SSSR count). The van der Waals surface area contributed by atoms with Crippen molar-refractivity contribution < 1.29 is 0 Å². The molecule has 0 bridgehead atoms. The molecule has 0 aliphatic heterocycles. The lowest BCUT2D eigenvalue weighted by Gasteiger charge is -2.05. The minimum Gasteiger partial charge on any atom is -0.310 e. The third kappa shape index (κ3) is 2.93. The molecule has 1 N–H and O–H groups in total. The highest BCUT2D eigenvalue weighted by atomic mass is 16.1. The summed E-state index contributed by atoms with van der Waals surface area (Å²) < 4.78 is 0. The average Bonchev–Trinajstić information content (AvgIpc) is 2.30. The first-order valence-electron chi connectivity index (χ1n) is 6.08. The Bertz CT molecular complexity index is 556. The number of rotatable bonds is 1. The number of nitrogens with one attached hydrogen (secondary N) is 1. The van der Waals surface area contributed by atoms with Crippen molar-refractivity contribution >= 4 is 10.9 Å². The lowest BCUT2D eigenvalue weighted by Crippen LogP contribution is -2.12. The molecular weight excluding hydrogens is 212 g/mol. The van der Waals surface area contributed by atoms with Crippen molar-refractivity contribution in [1.29, 1.82) is 0 Å². The zero-order chi connectivity index (χ0) is 13.0. The van der Waals surface area contributed by atoms with Crippen LogP contribution in [0.25, 0.3) is 10.9 Å². The number of H-pyrrole nitrogens is 1. The monoisotopic (exact) mass is 232 g/mol. The molecule has 0 aliphatic carbocycles. The molecule has 0 unspecified atom stereocenters. The largest absolute Gasteiger partial charge is 0.310 e. The molecule has 0 spiro atoms. The SMILES string of the molecule is CC.Cc1ccc2c(=O)[nH]c(C(C)C)nc2c1. The van der Waals surface area contributed by atoms with Crippen molar-refractivity contribution in [2.75, 3.05) is 0 Å². The predicted molar refractivity (Wildman–Crippen MR) is 72.5 cm³/mol. The molecule has 1 aromatic carbocycles. The van der Waals surface area contributed by atoms with E-state index in [1.807, 2.05) is 52.8 Å². The Morgan fingerprint density at radius 1 is 1.24 bits per heavy atom. The van der Waals surface area contributed by atoms with E-state index in [9.17, 15) is 4.79 Å². The van der Waals surface area contributed by atoms with Gasteiger partial charge in [-0.25, -0.2) is 4.98 Å². The molecule has 0 radical (unpaired) electrons. The molecule has 1 aromatic heterocycles. The normalized spacial score (nSPS) is 10.2. The molecule has 3 heteroatoms. The predicted octanol–water partition coefficient (Wildman–Crippen LogP) is 3.38. The number of nitrogens with zero attached hydrogens (tertiary/aromatic N) is 1. The summed E-state index contributed by atoms with van der Waals surface area (Å²) in [5, 5.41) is 0.657. The van der Waals surface area contributed by atoms with Crippen LogP contribution in [-0.4, -0.2) is 9.97 Å². The molecule has 0 fully saturated rings. The minimum absolute atomic E-state index is 0.0521. The number of aryl methyl sites for hydroxylation is 1. The van der Waals surface area contributed by atoms with Crippen LogP contribution >= 0.6 is 0 Å². The van der Waals surface area contributed by atoms with E-state index in [2.05, 4.69) is 9.97 Å². The molecule has 1 heterocycles. The van der Waals surface area contributed by atoms with Crippen LogP contribution in [0.3, 0.4) is 0 Å². The van der Waals surface area contributed by atoms with Gasteiger partial charge in [-0.05, 0) is 24.6 Å². The second kappa shape index (κ2) is 5.62. The van der Waals surface area contributed by atoms with Gasteiger partial charge in [0.2, 0.25) is 0 Å². The van der Waals surface area contributed by atoms with E-state index in [1.54, 1.807) is 0 Å². The molecule has 3 nitrogen and oxygen atoms in total. The molecule has 92 valence electrons. The fourth-order valence-electron chi connectivity index (χ4n) is 1.54. The van der Waals surface area contributed by atoms with Crippen LogP contribution in [0.1, 0.15) is 45.0 Å². The number of aromatic nitrogens is 2. The molecule has 0 aliphatic rings. The Morgan fingerprint density at radius 2 is 1.88 bits per heavy atom. The van der Waals surface area contributed by atoms with E-state index in [-0.39, 0.29) is 11.5 Å². The highest BCUT2D eigenvalue weighted by molar-refractivity contribution is 5.78. The van der Waals surface area contributed by atoms with Gasteiger partial charge >= 0.3 is 0 Å². The van der Waals surface area contributed by atoms with Gasteiger partial charge in [-0.2, -0.15) is 0 Å². The Balaban J connectivity index is 0.000000686. The maximum absolute atomic E-state index is 11.7. The quantitative estimate of drug-likeness (QED) is 0.819. The average molecular weight is 232 g/mol. The lowest BCUT2D eigenvalue weighted by molar-refractivity contribution is 0.776. The third-order valence-corrected chi connectivity index (χ3v) is 2.43. The van der Waals surface area contributed by atoms with Gasteiger partial charge in [0, 0.05) is 5.92 Å². The van der Waals surface area contributed by atoms with E-state index in [4.69, 9.17) is 0 Å². The van der Waals surface area contributed by atoms with Crippen LogP contribution in [0.15, 0.2) is 23.0 Å². The van der Waals surface area contributed by atoms with Gasteiger partial charge < -0.3 is 4.98 Å². The lowest BCUT2D eigenvalue weighted by atomic mass is 10.1. The van der Waals surface area contributed by atoms with Crippen molar-refractivity contribution in [3.05, 3.63) is 39.9 Å². The van der Waals surface area contributed by atoms with E-state index >= 15 is 0 Å².